The van der Waals surface area contributed by atoms with Crippen molar-refractivity contribution in [3.05, 3.63) is 23.8 Å². The third-order valence-electron chi connectivity index (χ3n) is 2.98. The maximum atomic E-state index is 12.3. The molecule has 0 saturated heterocycles. The standard InChI is InChI=1S/C13H16F3NO3/c1-8(13(14,15)16)20-7-10(17)9-2-3-11-12(6-9)19-5-4-18-11/h2-3,6,8,10H,4-5,7,17H2,1H3. The zero-order valence-electron chi connectivity index (χ0n) is 10.9. The number of hydrogen-bond donors (Lipinski definition) is 1. The van der Waals surface area contributed by atoms with Gasteiger partial charge in [-0.1, -0.05) is 6.07 Å². The molecule has 0 spiro atoms. The zero-order chi connectivity index (χ0) is 14.8. The van der Waals surface area contributed by atoms with Crippen LogP contribution in [0, 0.1) is 0 Å². The van der Waals surface area contributed by atoms with Gasteiger partial charge in [-0.25, -0.2) is 0 Å². The fourth-order valence-corrected chi connectivity index (χ4v) is 1.73. The van der Waals surface area contributed by atoms with E-state index in [2.05, 4.69) is 0 Å². The van der Waals surface area contributed by atoms with Gasteiger partial charge in [0.15, 0.2) is 17.6 Å². The second kappa shape index (κ2) is 5.88. The molecule has 112 valence electrons. The Labute approximate surface area is 114 Å². The second-order valence-electron chi connectivity index (χ2n) is 4.53. The van der Waals surface area contributed by atoms with E-state index in [1.165, 1.54) is 0 Å². The Morgan fingerprint density at radius 2 is 1.90 bits per heavy atom. The van der Waals surface area contributed by atoms with Crippen LogP contribution in [0.15, 0.2) is 18.2 Å². The van der Waals surface area contributed by atoms with Crippen LogP contribution in [0.1, 0.15) is 18.5 Å². The van der Waals surface area contributed by atoms with Gasteiger partial charge in [0.2, 0.25) is 0 Å². The summed E-state index contributed by atoms with van der Waals surface area (Å²) < 4.78 is 52.5. The van der Waals surface area contributed by atoms with Gasteiger partial charge in [0.05, 0.1) is 12.6 Å². The summed E-state index contributed by atoms with van der Waals surface area (Å²) in [4.78, 5) is 0. The van der Waals surface area contributed by atoms with E-state index < -0.39 is 18.3 Å². The lowest BCUT2D eigenvalue weighted by molar-refractivity contribution is -0.215. The summed E-state index contributed by atoms with van der Waals surface area (Å²) in [6.07, 6.45) is -6.22. The van der Waals surface area contributed by atoms with Crippen LogP contribution in [0.5, 0.6) is 11.5 Å². The number of fused-ring (bicyclic) bond motifs is 1. The van der Waals surface area contributed by atoms with Crippen molar-refractivity contribution >= 4 is 0 Å². The summed E-state index contributed by atoms with van der Waals surface area (Å²) >= 11 is 0. The summed E-state index contributed by atoms with van der Waals surface area (Å²) in [6.45, 7) is 1.65. The Morgan fingerprint density at radius 1 is 1.25 bits per heavy atom. The fraction of sp³-hybridized carbons (Fsp3) is 0.538. The van der Waals surface area contributed by atoms with Gasteiger partial charge in [0.25, 0.3) is 0 Å². The highest BCUT2D eigenvalue weighted by Crippen LogP contribution is 2.32. The van der Waals surface area contributed by atoms with E-state index >= 15 is 0 Å². The SMILES string of the molecule is CC(OCC(N)c1ccc2c(c1)OCCO2)C(F)(F)F. The Hall–Kier alpha value is -1.47. The first-order valence-electron chi connectivity index (χ1n) is 6.21. The zero-order valence-corrected chi connectivity index (χ0v) is 10.9. The van der Waals surface area contributed by atoms with Crippen LogP contribution in [0.4, 0.5) is 13.2 Å². The molecule has 1 aromatic rings. The molecule has 2 rings (SSSR count). The van der Waals surface area contributed by atoms with Gasteiger partial charge < -0.3 is 19.9 Å². The summed E-state index contributed by atoms with van der Waals surface area (Å²) in [7, 11) is 0. The maximum absolute atomic E-state index is 12.3. The van der Waals surface area contributed by atoms with Crippen molar-refractivity contribution in [3.8, 4) is 11.5 Å². The number of hydrogen-bond acceptors (Lipinski definition) is 4. The number of halogens is 3. The fourth-order valence-electron chi connectivity index (χ4n) is 1.73. The molecule has 0 aliphatic carbocycles. The summed E-state index contributed by atoms with van der Waals surface area (Å²) in [6, 6.07) is 4.40. The summed E-state index contributed by atoms with van der Waals surface area (Å²) in [5, 5.41) is 0. The maximum Gasteiger partial charge on any atom is 0.414 e. The number of alkyl halides is 3. The van der Waals surface area contributed by atoms with Crippen LogP contribution in [0.25, 0.3) is 0 Å². The molecule has 2 atom stereocenters. The van der Waals surface area contributed by atoms with E-state index in [0.717, 1.165) is 6.92 Å². The van der Waals surface area contributed by atoms with Crippen molar-refractivity contribution in [1.29, 1.82) is 0 Å². The highest BCUT2D eigenvalue weighted by Gasteiger charge is 2.37. The average molecular weight is 291 g/mol. The monoisotopic (exact) mass is 291 g/mol. The normalized spacial score (nSPS) is 17.6. The minimum atomic E-state index is -4.38. The van der Waals surface area contributed by atoms with Crippen molar-refractivity contribution in [2.24, 2.45) is 5.73 Å². The highest BCUT2D eigenvalue weighted by molar-refractivity contribution is 5.44. The predicted octanol–water partition coefficient (Wildman–Crippen LogP) is 2.43. The number of benzene rings is 1. The van der Waals surface area contributed by atoms with Crippen molar-refractivity contribution in [3.63, 3.8) is 0 Å². The molecule has 0 fully saturated rings. The van der Waals surface area contributed by atoms with Crippen molar-refractivity contribution in [2.75, 3.05) is 19.8 Å². The topological polar surface area (TPSA) is 53.7 Å². The van der Waals surface area contributed by atoms with Gasteiger partial charge in [-0.3, -0.25) is 0 Å². The van der Waals surface area contributed by atoms with E-state index in [4.69, 9.17) is 19.9 Å². The van der Waals surface area contributed by atoms with Crippen LogP contribution in [-0.4, -0.2) is 32.1 Å². The third-order valence-corrected chi connectivity index (χ3v) is 2.98. The molecule has 0 bridgehead atoms. The van der Waals surface area contributed by atoms with Crippen LogP contribution in [-0.2, 0) is 4.74 Å². The van der Waals surface area contributed by atoms with E-state index in [-0.39, 0.29) is 6.61 Å². The summed E-state index contributed by atoms with van der Waals surface area (Å²) in [5.74, 6) is 1.16. The van der Waals surface area contributed by atoms with Crippen molar-refractivity contribution in [1.82, 2.24) is 0 Å². The molecule has 2 unspecified atom stereocenters. The molecule has 0 saturated carbocycles. The molecule has 4 nitrogen and oxygen atoms in total. The lowest BCUT2D eigenvalue weighted by Crippen LogP contribution is -2.31. The first-order valence-corrected chi connectivity index (χ1v) is 6.21. The lowest BCUT2D eigenvalue weighted by Gasteiger charge is -2.22. The molecule has 20 heavy (non-hydrogen) atoms. The van der Waals surface area contributed by atoms with Gasteiger partial charge in [-0.15, -0.1) is 0 Å². The average Bonchev–Trinajstić information content (AvgIpc) is 2.42. The second-order valence-corrected chi connectivity index (χ2v) is 4.53. The number of ether oxygens (including phenoxy) is 3. The summed E-state index contributed by atoms with van der Waals surface area (Å²) in [5.41, 5.74) is 6.47. The molecule has 1 heterocycles. The van der Waals surface area contributed by atoms with Gasteiger partial charge in [-0.05, 0) is 24.6 Å². The van der Waals surface area contributed by atoms with Gasteiger partial charge in [0, 0.05) is 0 Å². The Bertz CT molecular complexity index is 465. The van der Waals surface area contributed by atoms with Gasteiger partial charge >= 0.3 is 6.18 Å². The van der Waals surface area contributed by atoms with E-state index in [9.17, 15) is 13.2 Å². The third kappa shape index (κ3) is 3.55. The van der Waals surface area contributed by atoms with Crippen LogP contribution >= 0.6 is 0 Å². The molecule has 2 N–H and O–H groups in total. The molecule has 0 amide bonds. The van der Waals surface area contributed by atoms with E-state index in [0.29, 0.717) is 30.3 Å². The number of nitrogens with two attached hydrogens (primary N) is 1. The molecule has 1 aromatic carbocycles. The first-order chi connectivity index (χ1) is 9.38. The minimum Gasteiger partial charge on any atom is -0.486 e. The Morgan fingerprint density at radius 3 is 2.55 bits per heavy atom. The van der Waals surface area contributed by atoms with Gasteiger partial charge in [0.1, 0.15) is 13.2 Å². The smallest absolute Gasteiger partial charge is 0.414 e. The molecular formula is C13H16F3NO3. The first kappa shape index (κ1) is 14.9. The number of rotatable bonds is 4. The van der Waals surface area contributed by atoms with Crippen LogP contribution in [0.3, 0.4) is 0 Å². The predicted molar refractivity (Wildman–Crippen MR) is 65.8 cm³/mol. The van der Waals surface area contributed by atoms with Crippen molar-refractivity contribution < 1.29 is 27.4 Å². The van der Waals surface area contributed by atoms with Crippen LogP contribution in [0.2, 0.25) is 0 Å². The molecular weight excluding hydrogens is 275 g/mol. The largest absolute Gasteiger partial charge is 0.486 e. The lowest BCUT2D eigenvalue weighted by atomic mass is 10.1. The van der Waals surface area contributed by atoms with Gasteiger partial charge in [-0.2, -0.15) is 13.2 Å². The van der Waals surface area contributed by atoms with E-state index in [1.807, 2.05) is 0 Å². The molecule has 1 aliphatic heterocycles. The molecule has 1 aliphatic rings. The molecule has 0 radical (unpaired) electrons. The minimum absolute atomic E-state index is 0.222. The highest BCUT2D eigenvalue weighted by atomic mass is 19.4. The quantitative estimate of drug-likeness (QED) is 0.925. The van der Waals surface area contributed by atoms with E-state index in [1.54, 1.807) is 18.2 Å². The Kier molecular flexibility index (Phi) is 4.39. The molecule has 7 heteroatoms. The molecule has 0 aromatic heterocycles. The van der Waals surface area contributed by atoms with Crippen molar-refractivity contribution in [2.45, 2.75) is 25.2 Å². The van der Waals surface area contributed by atoms with Crippen LogP contribution < -0.4 is 15.2 Å². The Balaban J connectivity index is 1.97.